The molecule has 0 aromatic heterocycles. The highest BCUT2D eigenvalue weighted by atomic mass is 16.5. The van der Waals surface area contributed by atoms with Crippen LogP contribution in [0.3, 0.4) is 0 Å². The zero-order chi connectivity index (χ0) is 8.65. The van der Waals surface area contributed by atoms with Gasteiger partial charge in [0.25, 0.3) is 0 Å². The van der Waals surface area contributed by atoms with Crippen molar-refractivity contribution in [1.29, 1.82) is 0 Å². The first-order valence-corrected chi connectivity index (χ1v) is 3.39. The summed E-state index contributed by atoms with van der Waals surface area (Å²) in [5.41, 5.74) is -0.660. The van der Waals surface area contributed by atoms with E-state index >= 15 is 0 Å². The smallest absolute Gasteiger partial charge is 0.410 e. The molecule has 1 heterocycles. The third kappa shape index (κ3) is 0.982. The number of carbonyl (C=O) groups is 2. The van der Waals surface area contributed by atoms with Gasteiger partial charge in [0.2, 0.25) is 0 Å². The molecule has 1 amide bonds. The maximum atomic E-state index is 10.9. The molecule has 1 aliphatic rings. The van der Waals surface area contributed by atoms with Crippen molar-refractivity contribution in [3.8, 4) is 0 Å². The summed E-state index contributed by atoms with van der Waals surface area (Å²) in [5.74, 6) is 0.0721. The standard InChI is InChI=1S/C7H11NO3/c1-7(2)5(9)4-8(7)6(10)11-3/h4H2,1-3H3. The quantitative estimate of drug-likeness (QED) is 0.511. The molecule has 1 rings (SSSR count). The number of amides is 1. The van der Waals surface area contributed by atoms with Gasteiger partial charge in [0.1, 0.15) is 5.54 Å². The van der Waals surface area contributed by atoms with Crippen LogP contribution in [0.15, 0.2) is 0 Å². The lowest BCUT2D eigenvalue weighted by atomic mass is 9.88. The molecule has 4 nitrogen and oxygen atoms in total. The number of hydrogen-bond donors (Lipinski definition) is 0. The molecule has 4 heteroatoms. The first-order chi connectivity index (χ1) is 5.00. The van der Waals surface area contributed by atoms with Crippen LogP contribution in [0.1, 0.15) is 13.8 Å². The number of ketones is 1. The molecule has 0 radical (unpaired) electrons. The van der Waals surface area contributed by atoms with Gasteiger partial charge in [-0.25, -0.2) is 4.79 Å². The number of methoxy groups -OCH3 is 1. The van der Waals surface area contributed by atoms with Gasteiger partial charge in [0, 0.05) is 0 Å². The SMILES string of the molecule is COC(=O)N1CC(=O)C1(C)C. The van der Waals surface area contributed by atoms with Crippen LogP contribution in [0, 0.1) is 0 Å². The fraction of sp³-hybridized carbons (Fsp3) is 0.714. The molecule has 1 saturated heterocycles. The Bertz CT molecular complexity index is 210. The zero-order valence-corrected chi connectivity index (χ0v) is 6.88. The second-order valence-corrected chi connectivity index (χ2v) is 3.04. The Labute approximate surface area is 65.1 Å². The molecule has 0 aromatic rings. The van der Waals surface area contributed by atoms with E-state index < -0.39 is 11.6 Å². The monoisotopic (exact) mass is 157 g/mol. The van der Waals surface area contributed by atoms with E-state index in [1.165, 1.54) is 12.0 Å². The normalized spacial score (nSPS) is 21.0. The average molecular weight is 157 g/mol. The number of hydrogen-bond acceptors (Lipinski definition) is 3. The van der Waals surface area contributed by atoms with Crippen LogP contribution < -0.4 is 0 Å². The van der Waals surface area contributed by atoms with Crippen molar-refractivity contribution in [2.45, 2.75) is 19.4 Å². The van der Waals surface area contributed by atoms with Crippen LogP contribution in [0.25, 0.3) is 0 Å². The number of rotatable bonds is 0. The number of ether oxygens (including phenoxy) is 1. The van der Waals surface area contributed by atoms with Gasteiger partial charge in [-0.05, 0) is 13.8 Å². The van der Waals surface area contributed by atoms with E-state index in [9.17, 15) is 9.59 Å². The molecule has 0 aromatic carbocycles. The second-order valence-electron chi connectivity index (χ2n) is 3.04. The summed E-state index contributed by atoms with van der Waals surface area (Å²) in [7, 11) is 1.31. The molecule has 62 valence electrons. The third-order valence-electron chi connectivity index (χ3n) is 2.05. The second kappa shape index (κ2) is 2.22. The minimum absolute atomic E-state index is 0.0721. The van der Waals surface area contributed by atoms with Crippen LogP contribution in [-0.2, 0) is 9.53 Å². The molecule has 0 N–H and O–H groups in total. The van der Waals surface area contributed by atoms with Gasteiger partial charge in [-0.3, -0.25) is 9.69 Å². The predicted molar refractivity (Wildman–Crippen MR) is 38.2 cm³/mol. The molecule has 0 spiro atoms. The van der Waals surface area contributed by atoms with Gasteiger partial charge < -0.3 is 4.74 Å². The molecule has 0 saturated carbocycles. The Hall–Kier alpha value is -1.06. The first kappa shape index (κ1) is 8.04. The van der Waals surface area contributed by atoms with Gasteiger partial charge in [-0.1, -0.05) is 0 Å². The van der Waals surface area contributed by atoms with Crippen LogP contribution >= 0.6 is 0 Å². The van der Waals surface area contributed by atoms with Gasteiger partial charge in [0.05, 0.1) is 13.7 Å². The highest BCUT2D eigenvalue weighted by Crippen LogP contribution is 2.26. The van der Waals surface area contributed by atoms with Crippen molar-refractivity contribution in [2.24, 2.45) is 0 Å². The summed E-state index contributed by atoms with van der Waals surface area (Å²) < 4.78 is 4.47. The Morgan fingerprint density at radius 3 is 2.45 bits per heavy atom. The Morgan fingerprint density at radius 2 is 2.18 bits per heavy atom. The van der Waals surface area contributed by atoms with E-state index in [1.54, 1.807) is 13.8 Å². The zero-order valence-electron chi connectivity index (χ0n) is 6.88. The molecular weight excluding hydrogens is 146 g/mol. The lowest BCUT2D eigenvalue weighted by Gasteiger charge is -2.44. The van der Waals surface area contributed by atoms with Crippen LogP contribution in [0.5, 0.6) is 0 Å². The molecule has 1 fully saturated rings. The van der Waals surface area contributed by atoms with Crippen molar-refractivity contribution in [3.05, 3.63) is 0 Å². The predicted octanol–water partition coefficient (Wildman–Crippen LogP) is 0.416. The van der Waals surface area contributed by atoms with Crippen LogP contribution in [0.2, 0.25) is 0 Å². The molecule has 1 aliphatic heterocycles. The molecule has 0 unspecified atom stereocenters. The summed E-state index contributed by atoms with van der Waals surface area (Å²) in [6, 6.07) is 0. The highest BCUT2D eigenvalue weighted by Gasteiger charge is 2.48. The van der Waals surface area contributed by atoms with E-state index in [1.807, 2.05) is 0 Å². The third-order valence-corrected chi connectivity index (χ3v) is 2.05. The lowest BCUT2D eigenvalue weighted by molar-refractivity contribution is -0.141. The molecule has 11 heavy (non-hydrogen) atoms. The van der Waals surface area contributed by atoms with Crippen molar-refractivity contribution in [2.75, 3.05) is 13.7 Å². The molecular formula is C7H11NO3. The summed E-state index contributed by atoms with van der Waals surface area (Å²) in [5, 5.41) is 0. The minimum atomic E-state index is -0.660. The Balaban J connectivity index is 2.66. The number of nitrogens with zero attached hydrogens (tertiary/aromatic N) is 1. The molecule has 0 atom stereocenters. The molecule has 0 aliphatic carbocycles. The summed E-state index contributed by atoms with van der Waals surface area (Å²) in [6.07, 6.45) is -0.436. The highest BCUT2D eigenvalue weighted by molar-refractivity contribution is 6.00. The van der Waals surface area contributed by atoms with E-state index in [0.29, 0.717) is 0 Å². The van der Waals surface area contributed by atoms with E-state index in [4.69, 9.17) is 0 Å². The summed E-state index contributed by atoms with van der Waals surface area (Å²) >= 11 is 0. The maximum Gasteiger partial charge on any atom is 0.410 e. The largest absolute Gasteiger partial charge is 0.453 e. The fourth-order valence-electron chi connectivity index (χ4n) is 0.997. The fourth-order valence-corrected chi connectivity index (χ4v) is 0.997. The lowest BCUT2D eigenvalue weighted by Crippen LogP contribution is -2.66. The Morgan fingerprint density at radius 1 is 1.64 bits per heavy atom. The number of Topliss-reactive ketones (excluding diaryl/α,β-unsaturated/α-hetero) is 1. The van der Waals surface area contributed by atoms with E-state index in [-0.39, 0.29) is 12.3 Å². The average Bonchev–Trinajstić information content (AvgIpc) is 1.98. The van der Waals surface area contributed by atoms with Crippen molar-refractivity contribution < 1.29 is 14.3 Å². The molecule has 0 bridgehead atoms. The van der Waals surface area contributed by atoms with Crippen LogP contribution in [0.4, 0.5) is 4.79 Å². The Kier molecular flexibility index (Phi) is 1.62. The van der Waals surface area contributed by atoms with Gasteiger partial charge >= 0.3 is 6.09 Å². The van der Waals surface area contributed by atoms with E-state index in [2.05, 4.69) is 4.74 Å². The van der Waals surface area contributed by atoms with E-state index in [0.717, 1.165) is 0 Å². The minimum Gasteiger partial charge on any atom is -0.453 e. The first-order valence-electron chi connectivity index (χ1n) is 3.39. The number of carbonyl (C=O) groups excluding carboxylic acids is 2. The van der Waals surface area contributed by atoms with Gasteiger partial charge in [-0.15, -0.1) is 0 Å². The summed E-state index contributed by atoms with van der Waals surface area (Å²) in [6.45, 7) is 3.59. The van der Waals surface area contributed by atoms with Gasteiger partial charge in [-0.2, -0.15) is 0 Å². The number of likely N-dealkylation sites (tertiary alicyclic amines) is 1. The summed E-state index contributed by atoms with van der Waals surface area (Å²) in [4.78, 5) is 23.2. The van der Waals surface area contributed by atoms with Crippen molar-refractivity contribution in [1.82, 2.24) is 4.90 Å². The van der Waals surface area contributed by atoms with Crippen LogP contribution in [-0.4, -0.2) is 36.0 Å². The van der Waals surface area contributed by atoms with Crippen molar-refractivity contribution in [3.63, 3.8) is 0 Å². The maximum absolute atomic E-state index is 10.9. The topological polar surface area (TPSA) is 46.6 Å². The van der Waals surface area contributed by atoms with Gasteiger partial charge in [0.15, 0.2) is 5.78 Å². The van der Waals surface area contributed by atoms with Crippen molar-refractivity contribution >= 4 is 11.9 Å².